The number of benzene rings is 6. The molecule has 58 heavy (non-hydrogen) atoms. The number of hydrogen-bond donors (Lipinski definition) is 0. The van der Waals surface area contributed by atoms with Gasteiger partial charge in [-0.2, -0.15) is 17.2 Å². The van der Waals surface area contributed by atoms with E-state index >= 15 is 0 Å². The quantitative estimate of drug-likeness (QED) is 0.114. The molecule has 3 aromatic heterocycles. The number of fused-ring (bicyclic) bond motifs is 3. The van der Waals surface area contributed by atoms with E-state index in [-0.39, 0.29) is 21.1 Å². The molecular formula is C49H38N4O4Pt. The van der Waals surface area contributed by atoms with Gasteiger partial charge in [-0.25, -0.2) is 4.98 Å². The normalized spacial score (nSPS) is 11.0. The molecule has 8 nitrogen and oxygen atoms in total. The predicted molar refractivity (Wildman–Crippen MR) is 223 cm³/mol. The number of aryl methyl sites for hydroxylation is 2. The van der Waals surface area contributed by atoms with Gasteiger partial charge in [0.25, 0.3) is 0 Å². The maximum Gasteiger partial charge on any atom is 2.00 e. The summed E-state index contributed by atoms with van der Waals surface area (Å²) in [6.07, 6.45) is 5.56. The second kappa shape index (κ2) is 16.8. The summed E-state index contributed by atoms with van der Waals surface area (Å²) < 4.78 is 29.0. The molecule has 0 fully saturated rings. The molecule has 0 radical (unpaired) electrons. The first-order valence-electron chi connectivity index (χ1n) is 18.7. The third kappa shape index (κ3) is 7.71. The zero-order chi connectivity index (χ0) is 38.7. The molecule has 0 aliphatic carbocycles. The van der Waals surface area contributed by atoms with Crippen molar-refractivity contribution in [3.8, 4) is 51.4 Å². The topological polar surface area (TPSA) is 72.6 Å². The summed E-state index contributed by atoms with van der Waals surface area (Å²) in [5.74, 6) is 4.01. The Kier molecular flexibility index (Phi) is 11.1. The summed E-state index contributed by atoms with van der Waals surface area (Å²) in [6.45, 7) is 4.96. The van der Waals surface area contributed by atoms with Crippen LogP contribution in [0.25, 0.3) is 44.4 Å². The van der Waals surface area contributed by atoms with Crippen LogP contribution in [0.4, 0.5) is 0 Å². The summed E-state index contributed by atoms with van der Waals surface area (Å²) >= 11 is 0. The van der Waals surface area contributed by atoms with Crippen molar-refractivity contribution in [2.24, 2.45) is 0 Å². The monoisotopic (exact) mass is 941 g/mol. The first kappa shape index (κ1) is 38.3. The van der Waals surface area contributed by atoms with Gasteiger partial charge in [-0.05, 0) is 65.4 Å². The molecule has 3 heterocycles. The summed E-state index contributed by atoms with van der Waals surface area (Å²) in [4.78, 5) is 4.67. The van der Waals surface area contributed by atoms with Crippen LogP contribution in [-0.2, 0) is 34.3 Å². The Morgan fingerprint density at radius 1 is 0.655 bits per heavy atom. The van der Waals surface area contributed by atoms with Crippen LogP contribution < -0.4 is 18.9 Å². The molecular weight excluding hydrogens is 904 g/mol. The van der Waals surface area contributed by atoms with E-state index in [0.29, 0.717) is 30.4 Å². The molecule has 0 amide bonds. The Labute approximate surface area is 351 Å². The second-order valence-electron chi connectivity index (χ2n) is 13.8. The number of ether oxygens (including phenoxy) is 4. The Balaban J connectivity index is 0.00000469. The molecule has 0 atom stereocenters. The average Bonchev–Trinajstić information content (AvgIpc) is 3.87. The number of pyridine rings is 1. The standard InChI is InChI=1S/C49H38N4O4.Pt/c1-33-25-34(2)49(56-32-36-15-8-5-9-16-36)47(48(33)55-31-35-13-6-4-7-14-35)37-29-51-52(30-37)38-17-12-18-40(26-38)57-41-21-22-43-42-19-10-11-20-44(42)53(45(43)27-41)46-28-39(54-3)23-24-50-46;/h4-25,28-30H,31-32H2,1-3H3;/q-2;+2. The molecule has 9 heteroatoms. The molecule has 0 unspecified atom stereocenters. The number of aromatic nitrogens is 4. The summed E-state index contributed by atoms with van der Waals surface area (Å²) in [5, 5.41) is 6.93. The number of hydrogen-bond acceptors (Lipinski definition) is 6. The molecule has 288 valence electrons. The van der Waals surface area contributed by atoms with Crippen molar-refractivity contribution >= 4 is 21.8 Å². The first-order valence-corrected chi connectivity index (χ1v) is 18.7. The smallest absolute Gasteiger partial charge is 0.509 e. The van der Waals surface area contributed by atoms with Gasteiger partial charge in [-0.1, -0.05) is 84.4 Å². The fourth-order valence-corrected chi connectivity index (χ4v) is 7.20. The van der Waals surface area contributed by atoms with E-state index in [1.807, 2.05) is 97.3 Å². The molecule has 0 aliphatic rings. The SMILES string of the molecule is COc1ccnc(-n2c3[c-]c(Oc4[c-]c(-n5cc(-c6c(OCc7ccccc7)c(C)cc(C)c6OCc6ccccc6)cn5)ccc4)ccc3c3ccccc32)c1.[Pt+2]. The second-order valence-corrected chi connectivity index (χ2v) is 13.8. The van der Waals surface area contributed by atoms with Gasteiger partial charge in [0.2, 0.25) is 0 Å². The van der Waals surface area contributed by atoms with Crippen LogP contribution in [0.2, 0.25) is 0 Å². The summed E-state index contributed by atoms with van der Waals surface area (Å²) in [6, 6.07) is 51.1. The van der Waals surface area contributed by atoms with Crippen molar-refractivity contribution in [3.05, 3.63) is 186 Å². The maximum atomic E-state index is 6.59. The fraction of sp³-hybridized carbons (Fsp3) is 0.102. The van der Waals surface area contributed by atoms with Crippen molar-refractivity contribution in [2.75, 3.05) is 7.11 Å². The Hall–Kier alpha value is -6.63. The Bertz CT molecular complexity index is 2790. The first-order chi connectivity index (χ1) is 28.0. The maximum absolute atomic E-state index is 6.59. The molecule has 0 N–H and O–H groups in total. The third-order valence-corrected chi connectivity index (χ3v) is 9.89. The van der Waals surface area contributed by atoms with Crippen LogP contribution in [0.1, 0.15) is 22.3 Å². The molecule has 6 aromatic carbocycles. The van der Waals surface area contributed by atoms with Crippen LogP contribution in [-0.4, -0.2) is 26.4 Å². The number of para-hydroxylation sites is 1. The minimum atomic E-state index is 0. The van der Waals surface area contributed by atoms with Gasteiger partial charge in [-0.15, -0.1) is 35.7 Å². The molecule has 0 saturated heterocycles. The van der Waals surface area contributed by atoms with Gasteiger partial charge in [0, 0.05) is 41.0 Å². The Morgan fingerprint density at radius 2 is 1.33 bits per heavy atom. The van der Waals surface area contributed by atoms with E-state index in [2.05, 4.69) is 84.1 Å². The number of nitrogens with zero attached hydrogens (tertiary/aromatic N) is 4. The Morgan fingerprint density at radius 3 is 2.03 bits per heavy atom. The molecule has 0 bridgehead atoms. The van der Waals surface area contributed by atoms with Crippen molar-refractivity contribution in [1.82, 2.24) is 19.3 Å². The third-order valence-electron chi connectivity index (χ3n) is 9.89. The number of rotatable bonds is 12. The van der Waals surface area contributed by atoms with Gasteiger partial charge in [0.15, 0.2) is 0 Å². The van der Waals surface area contributed by atoms with Crippen molar-refractivity contribution < 1.29 is 40.0 Å². The zero-order valence-electron chi connectivity index (χ0n) is 32.1. The van der Waals surface area contributed by atoms with E-state index in [9.17, 15) is 0 Å². The van der Waals surface area contributed by atoms with Gasteiger partial charge >= 0.3 is 21.1 Å². The zero-order valence-corrected chi connectivity index (χ0v) is 34.4. The number of methoxy groups -OCH3 is 1. The predicted octanol–water partition coefficient (Wildman–Crippen LogP) is 11.2. The van der Waals surface area contributed by atoms with Gasteiger partial charge < -0.3 is 23.5 Å². The van der Waals surface area contributed by atoms with Gasteiger partial charge in [0.1, 0.15) is 36.3 Å². The van der Waals surface area contributed by atoms with Crippen molar-refractivity contribution in [2.45, 2.75) is 27.1 Å². The van der Waals surface area contributed by atoms with Gasteiger partial charge in [-0.3, -0.25) is 4.68 Å². The molecule has 0 saturated carbocycles. The van der Waals surface area contributed by atoms with Crippen LogP contribution in [0, 0.1) is 26.0 Å². The minimum absolute atomic E-state index is 0. The van der Waals surface area contributed by atoms with E-state index in [0.717, 1.165) is 78.3 Å². The summed E-state index contributed by atoms with van der Waals surface area (Å²) in [7, 11) is 1.65. The largest absolute Gasteiger partial charge is 2.00 e. The van der Waals surface area contributed by atoms with E-state index in [1.54, 1.807) is 18.0 Å². The van der Waals surface area contributed by atoms with Crippen LogP contribution in [0.3, 0.4) is 0 Å². The average molecular weight is 942 g/mol. The van der Waals surface area contributed by atoms with Crippen LogP contribution >= 0.6 is 0 Å². The molecule has 9 aromatic rings. The van der Waals surface area contributed by atoms with Crippen LogP contribution in [0.15, 0.2) is 152 Å². The molecule has 0 spiro atoms. The van der Waals surface area contributed by atoms with Crippen molar-refractivity contribution in [3.63, 3.8) is 0 Å². The molecule has 0 aliphatic heterocycles. The van der Waals surface area contributed by atoms with E-state index in [4.69, 9.17) is 24.0 Å². The fourth-order valence-electron chi connectivity index (χ4n) is 7.20. The van der Waals surface area contributed by atoms with Crippen LogP contribution in [0.5, 0.6) is 28.7 Å². The van der Waals surface area contributed by atoms with E-state index < -0.39 is 0 Å². The summed E-state index contributed by atoms with van der Waals surface area (Å²) in [5.41, 5.74) is 8.43. The minimum Gasteiger partial charge on any atom is -0.509 e. The van der Waals surface area contributed by atoms with Gasteiger partial charge in [0.05, 0.1) is 18.9 Å². The van der Waals surface area contributed by atoms with Crippen molar-refractivity contribution in [1.29, 1.82) is 0 Å². The molecule has 9 rings (SSSR count). The van der Waals surface area contributed by atoms with E-state index in [1.165, 1.54) is 0 Å².